The highest BCUT2D eigenvalue weighted by molar-refractivity contribution is 5.97. The monoisotopic (exact) mass is 492 g/mol. The Kier molecular flexibility index (Phi) is 8.78. The van der Waals surface area contributed by atoms with E-state index in [2.05, 4.69) is 10.6 Å². The second-order valence-corrected chi connectivity index (χ2v) is 8.61. The molecule has 0 aliphatic rings. The zero-order valence-electron chi connectivity index (χ0n) is 20.4. The lowest BCUT2D eigenvalue weighted by atomic mass is 10.0. The zero-order chi connectivity index (χ0) is 26.2. The van der Waals surface area contributed by atoms with Crippen molar-refractivity contribution in [2.24, 2.45) is 5.92 Å². The van der Waals surface area contributed by atoms with Gasteiger partial charge in [0.15, 0.2) is 0 Å². The maximum absolute atomic E-state index is 14.7. The third-order valence-corrected chi connectivity index (χ3v) is 5.54. The standard InChI is InChI=1S/C28H29FN2O5/c1-4-36-22-12-5-18(6-13-22)15-25(32)30-24-14-11-21(16-23(24)29)19-7-9-20(10-8-19)27(33)31-26(17(2)3)28(34)35/h5-14,16-17,26H,4,15H2,1-3H3,(H,30,32)(H,31,33)(H,34,35)/t26-/m0/s1. The van der Waals surface area contributed by atoms with Gasteiger partial charge in [-0.3, -0.25) is 9.59 Å². The van der Waals surface area contributed by atoms with Crippen LogP contribution in [0.15, 0.2) is 66.7 Å². The molecule has 0 aliphatic carbocycles. The minimum Gasteiger partial charge on any atom is -0.494 e. The van der Waals surface area contributed by atoms with Gasteiger partial charge in [-0.05, 0) is 65.9 Å². The topological polar surface area (TPSA) is 105 Å². The molecule has 0 spiro atoms. The number of anilines is 1. The average Bonchev–Trinajstić information content (AvgIpc) is 2.84. The number of carbonyl (C=O) groups excluding carboxylic acids is 2. The molecule has 188 valence electrons. The van der Waals surface area contributed by atoms with E-state index in [1.807, 2.05) is 6.92 Å². The molecule has 0 aliphatic heterocycles. The molecule has 3 N–H and O–H groups in total. The van der Waals surface area contributed by atoms with Crippen LogP contribution >= 0.6 is 0 Å². The SMILES string of the molecule is CCOc1ccc(CC(=O)Nc2ccc(-c3ccc(C(=O)N[C@H](C(=O)O)C(C)C)cc3)cc2F)cc1. The van der Waals surface area contributed by atoms with Gasteiger partial charge >= 0.3 is 5.97 Å². The number of carboxylic acids is 1. The van der Waals surface area contributed by atoms with Crippen LogP contribution in [0.5, 0.6) is 5.75 Å². The largest absolute Gasteiger partial charge is 0.494 e. The second-order valence-electron chi connectivity index (χ2n) is 8.61. The molecule has 1 atom stereocenters. The third-order valence-electron chi connectivity index (χ3n) is 5.54. The number of nitrogens with one attached hydrogen (secondary N) is 2. The van der Waals surface area contributed by atoms with Crippen molar-refractivity contribution in [1.82, 2.24) is 5.32 Å². The fourth-order valence-electron chi connectivity index (χ4n) is 3.60. The van der Waals surface area contributed by atoms with Crippen LogP contribution in [0.1, 0.15) is 36.7 Å². The number of hydrogen-bond acceptors (Lipinski definition) is 4. The lowest BCUT2D eigenvalue weighted by Gasteiger charge is -2.18. The quantitative estimate of drug-likeness (QED) is 0.373. The Balaban J connectivity index is 1.64. The number of ether oxygens (including phenoxy) is 1. The van der Waals surface area contributed by atoms with E-state index in [9.17, 15) is 23.9 Å². The van der Waals surface area contributed by atoms with Crippen LogP contribution in [0.3, 0.4) is 0 Å². The van der Waals surface area contributed by atoms with E-state index < -0.39 is 23.7 Å². The van der Waals surface area contributed by atoms with E-state index >= 15 is 0 Å². The summed E-state index contributed by atoms with van der Waals surface area (Å²) in [6, 6.07) is 17.0. The van der Waals surface area contributed by atoms with Crippen molar-refractivity contribution >= 4 is 23.5 Å². The summed E-state index contributed by atoms with van der Waals surface area (Å²) in [5.74, 6) is -2.08. The number of rotatable bonds is 10. The first kappa shape index (κ1) is 26.4. The summed E-state index contributed by atoms with van der Waals surface area (Å²) in [5.41, 5.74) is 2.37. The maximum Gasteiger partial charge on any atom is 0.326 e. The Labute approximate surface area is 209 Å². The fourth-order valence-corrected chi connectivity index (χ4v) is 3.60. The van der Waals surface area contributed by atoms with Gasteiger partial charge in [0.1, 0.15) is 17.6 Å². The molecule has 2 amide bonds. The number of amides is 2. The van der Waals surface area contributed by atoms with Crippen LogP contribution < -0.4 is 15.4 Å². The van der Waals surface area contributed by atoms with E-state index in [1.165, 1.54) is 12.1 Å². The predicted octanol–water partition coefficient (Wildman–Crippen LogP) is 4.91. The van der Waals surface area contributed by atoms with E-state index in [0.29, 0.717) is 23.3 Å². The van der Waals surface area contributed by atoms with Crippen molar-refractivity contribution in [3.8, 4) is 16.9 Å². The smallest absolute Gasteiger partial charge is 0.326 e. The van der Waals surface area contributed by atoms with Gasteiger partial charge in [-0.15, -0.1) is 0 Å². The average molecular weight is 493 g/mol. The van der Waals surface area contributed by atoms with Crippen molar-refractivity contribution in [1.29, 1.82) is 0 Å². The molecule has 0 saturated carbocycles. The van der Waals surface area contributed by atoms with Gasteiger partial charge in [0, 0.05) is 5.56 Å². The second kappa shape index (κ2) is 12.0. The highest BCUT2D eigenvalue weighted by atomic mass is 19.1. The molecule has 0 unspecified atom stereocenters. The molecule has 0 saturated heterocycles. The summed E-state index contributed by atoms with van der Waals surface area (Å²) in [5, 5.41) is 14.4. The Hall–Kier alpha value is -4.20. The lowest BCUT2D eigenvalue weighted by Crippen LogP contribution is -2.44. The van der Waals surface area contributed by atoms with E-state index in [1.54, 1.807) is 68.4 Å². The number of halogens is 1. The van der Waals surface area contributed by atoms with Gasteiger partial charge < -0.3 is 20.5 Å². The van der Waals surface area contributed by atoms with E-state index in [-0.39, 0.29) is 23.9 Å². The highest BCUT2D eigenvalue weighted by Gasteiger charge is 2.24. The molecular weight excluding hydrogens is 463 g/mol. The minimum atomic E-state index is -1.10. The normalized spacial score (nSPS) is 11.6. The number of hydrogen-bond donors (Lipinski definition) is 3. The van der Waals surface area contributed by atoms with Crippen LogP contribution in [0.25, 0.3) is 11.1 Å². The molecule has 8 heteroatoms. The fraction of sp³-hybridized carbons (Fsp3) is 0.250. The van der Waals surface area contributed by atoms with Crippen molar-refractivity contribution in [2.75, 3.05) is 11.9 Å². The first-order chi connectivity index (χ1) is 17.2. The summed E-state index contributed by atoms with van der Waals surface area (Å²) in [6.45, 7) is 5.87. The van der Waals surface area contributed by atoms with Gasteiger partial charge in [-0.25, -0.2) is 9.18 Å². The first-order valence-electron chi connectivity index (χ1n) is 11.6. The first-order valence-corrected chi connectivity index (χ1v) is 11.6. The zero-order valence-corrected chi connectivity index (χ0v) is 20.4. The molecule has 3 rings (SSSR count). The Bertz CT molecular complexity index is 1220. The van der Waals surface area contributed by atoms with Crippen molar-refractivity contribution in [2.45, 2.75) is 33.2 Å². The predicted molar refractivity (Wildman–Crippen MR) is 136 cm³/mol. The summed E-state index contributed by atoms with van der Waals surface area (Å²) in [7, 11) is 0. The Morgan fingerprint density at radius 3 is 2.14 bits per heavy atom. The van der Waals surface area contributed by atoms with Crippen LogP contribution in [0.4, 0.5) is 10.1 Å². The molecule has 0 heterocycles. The third kappa shape index (κ3) is 6.91. The van der Waals surface area contributed by atoms with Gasteiger partial charge in [-0.1, -0.05) is 44.2 Å². The molecule has 7 nitrogen and oxygen atoms in total. The molecule has 36 heavy (non-hydrogen) atoms. The molecule has 3 aromatic rings. The molecule has 0 fully saturated rings. The minimum absolute atomic E-state index is 0.0686. The van der Waals surface area contributed by atoms with Crippen LogP contribution in [-0.2, 0) is 16.0 Å². The number of carboxylic acid groups (broad SMARTS) is 1. The molecule has 3 aromatic carbocycles. The number of benzene rings is 3. The Morgan fingerprint density at radius 1 is 0.944 bits per heavy atom. The number of aliphatic carboxylic acids is 1. The molecule has 0 radical (unpaired) electrons. The Morgan fingerprint density at radius 2 is 1.58 bits per heavy atom. The lowest BCUT2D eigenvalue weighted by molar-refractivity contribution is -0.140. The summed E-state index contributed by atoms with van der Waals surface area (Å²) >= 11 is 0. The van der Waals surface area contributed by atoms with Crippen LogP contribution in [-0.4, -0.2) is 35.5 Å². The molecular formula is C28H29FN2O5. The van der Waals surface area contributed by atoms with Gasteiger partial charge in [0.25, 0.3) is 5.91 Å². The van der Waals surface area contributed by atoms with Gasteiger partial charge in [0.05, 0.1) is 18.7 Å². The molecule has 0 bridgehead atoms. The highest BCUT2D eigenvalue weighted by Crippen LogP contribution is 2.25. The van der Waals surface area contributed by atoms with Crippen LogP contribution in [0, 0.1) is 11.7 Å². The molecule has 0 aromatic heterocycles. The van der Waals surface area contributed by atoms with Crippen LogP contribution in [0.2, 0.25) is 0 Å². The van der Waals surface area contributed by atoms with Gasteiger partial charge in [-0.2, -0.15) is 0 Å². The van der Waals surface area contributed by atoms with E-state index in [0.717, 1.165) is 11.3 Å². The van der Waals surface area contributed by atoms with Crippen molar-refractivity contribution < 1.29 is 28.6 Å². The van der Waals surface area contributed by atoms with Crippen molar-refractivity contribution in [3.05, 3.63) is 83.7 Å². The van der Waals surface area contributed by atoms with Crippen molar-refractivity contribution in [3.63, 3.8) is 0 Å². The maximum atomic E-state index is 14.7. The van der Waals surface area contributed by atoms with E-state index in [4.69, 9.17) is 4.74 Å². The summed E-state index contributed by atoms with van der Waals surface area (Å²) < 4.78 is 20.1. The summed E-state index contributed by atoms with van der Waals surface area (Å²) in [6.07, 6.45) is 0.0939. The number of carbonyl (C=O) groups is 3. The summed E-state index contributed by atoms with van der Waals surface area (Å²) in [4.78, 5) is 36.1. The van der Waals surface area contributed by atoms with Gasteiger partial charge in [0.2, 0.25) is 5.91 Å².